The van der Waals surface area contributed by atoms with E-state index in [1.807, 2.05) is 23.9 Å². The van der Waals surface area contributed by atoms with E-state index < -0.39 is 0 Å². The van der Waals surface area contributed by atoms with Gasteiger partial charge in [0.15, 0.2) is 0 Å². The average molecular weight is 347 g/mol. The van der Waals surface area contributed by atoms with E-state index in [1.54, 1.807) is 48.7 Å². The number of para-hydroxylation sites is 2. The third-order valence-electron chi connectivity index (χ3n) is 4.31. The Morgan fingerprint density at radius 3 is 2.27 bits per heavy atom. The molecule has 0 unspecified atom stereocenters. The third-order valence-corrected chi connectivity index (χ3v) is 4.31. The average Bonchev–Trinajstić information content (AvgIpc) is 3.24. The Morgan fingerprint density at radius 1 is 0.962 bits per heavy atom. The van der Waals surface area contributed by atoms with Crippen LogP contribution < -0.4 is 9.64 Å². The van der Waals surface area contributed by atoms with Crippen molar-refractivity contribution >= 4 is 17.5 Å². The van der Waals surface area contributed by atoms with Crippen LogP contribution in [0.5, 0.6) is 5.75 Å². The van der Waals surface area contributed by atoms with Crippen molar-refractivity contribution in [3.8, 4) is 5.75 Å². The minimum atomic E-state index is -0.333. The molecule has 0 aliphatic carbocycles. The number of nitrogens with zero attached hydrogens (tertiary/aromatic N) is 3. The lowest BCUT2D eigenvalue weighted by Gasteiger charge is -2.18. The largest absolute Gasteiger partial charge is 0.487 e. The number of benzene rings is 2. The zero-order valence-electron chi connectivity index (χ0n) is 14.3. The first-order valence-corrected chi connectivity index (χ1v) is 8.40. The Hall–Kier alpha value is -3.41. The number of amides is 2. The van der Waals surface area contributed by atoms with Gasteiger partial charge in [-0.05, 0) is 31.2 Å². The first-order chi connectivity index (χ1) is 12.7. The minimum absolute atomic E-state index is 0.306. The summed E-state index contributed by atoms with van der Waals surface area (Å²) < 4.78 is 7.70. The van der Waals surface area contributed by atoms with Crippen LogP contribution in [0.3, 0.4) is 0 Å². The molecular formula is C20H17N3O3. The Kier molecular flexibility index (Phi) is 4.01. The van der Waals surface area contributed by atoms with Crippen molar-refractivity contribution in [1.29, 1.82) is 0 Å². The summed E-state index contributed by atoms with van der Waals surface area (Å²) in [7, 11) is 0. The summed E-state index contributed by atoms with van der Waals surface area (Å²) in [6, 6.07) is 13.9. The molecule has 1 aromatic heterocycles. The molecule has 4 rings (SSSR count). The van der Waals surface area contributed by atoms with E-state index in [9.17, 15) is 9.59 Å². The Balaban J connectivity index is 1.62. The zero-order valence-corrected chi connectivity index (χ0v) is 14.3. The molecule has 0 spiro atoms. The van der Waals surface area contributed by atoms with Crippen molar-refractivity contribution in [2.45, 2.75) is 20.1 Å². The molecule has 1 aliphatic heterocycles. The number of hydrogen-bond donors (Lipinski definition) is 0. The summed E-state index contributed by atoms with van der Waals surface area (Å²) in [5, 5.41) is 4.22. The molecule has 6 nitrogen and oxygen atoms in total. The number of imide groups is 1. The van der Waals surface area contributed by atoms with Crippen molar-refractivity contribution in [2.24, 2.45) is 0 Å². The molecule has 1 aliphatic rings. The van der Waals surface area contributed by atoms with Gasteiger partial charge in [-0.3, -0.25) is 14.3 Å². The lowest BCUT2D eigenvalue weighted by Crippen LogP contribution is -2.29. The van der Waals surface area contributed by atoms with Crippen LogP contribution in [-0.2, 0) is 13.2 Å². The van der Waals surface area contributed by atoms with Crippen molar-refractivity contribution in [2.75, 3.05) is 4.90 Å². The first-order valence-electron chi connectivity index (χ1n) is 8.40. The second-order valence-electron chi connectivity index (χ2n) is 5.95. The number of rotatable bonds is 5. The smallest absolute Gasteiger partial charge is 0.266 e. The van der Waals surface area contributed by atoms with Crippen molar-refractivity contribution in [3.05, 3.63) is 77.6 Å². The molecule has 0 N–H and O–H groups in total. The number of aryl methyl sites for hydroxylation is 1. The SMILES string of the molecule is CCn1cc(COc2ccccc2N2C(=O)c3ccccc3C2=O)cn1. The molecule has 2 heterocycles. The van der Waals surface area contributed by atoms with Gasteiger partial charge in [-0.1, -0.05) is 24.3 Å². The van der Waals surface area contributed by atoms with E-state index in [2.05, 4.69) is 5.10 Å². The summed E-state index contributed by atoms with van der Waals surface area (Å²) >= 11 is 0. The van der Waals surface area contributed by atoms with Crippen LogP contribution in [0.25, 0.3) is 0 Å². The van der Waals surface area contributed by atoms with Crippen molar-refractivity contribution in [3.63, 3.8) is 0 Å². The van der Waals surface area contributed by atoms with Gasteiger partial charge < -0.3 is 4.74 Å². The predicted molar refractivity (Wildman–Crippen MR) is 96.3 cm³/mol. The minimum Gasteiger partial charge on any atom is -0.487 e. The highest BCUT2D eigenvalue weighted by molar-refractivity contribution is 6.34. The molecule has 0 saturated heterocycles. The van der Waals surface area contributed by atoms with Crippen LogP contribution in [0.15, 0.2) is 60.9 Å². The topological polar surface area (TPSA) is 64.4 Å². The van der Waals surface area contributed by atoms with Crippen LogP contribution in [0.4, 0.5) is 5.69 Å². The standard InChI is InChI=1S/C20H17N3O3/c1-2-22-12-14(11-21-22)13-26-18-10-6-5-9-17(18)23-19(24)15-7-3-4-8-16(15)20(23)25/h3-12H,2,13H2,1H3. The van der Waals surface area contributed by atoms with Gasteiger partial charge in [0.1, 0.15) is 12.4 Å². The van der Waals surface area contributed by atoms with E-state index in [0.29, 0.717) is 29.2 Å². The molecule has 0 atom stereocenters. The highest BCUT2D eigenvalue weighted by Crippen LogP contribution is 2.35. The van der Waals surface area contributed by atoms with Gasteiger partial charge in [0.2, 0.25) is 0 Å². The lowest BCUT2D eigenvalue weighted by molar-refractivity contribution is 0.0924. The first kappa shape index (κ1) is 16.1. The highest BCUT2D eigenvalue weighted by Gasteiger charge is 2.37. The number of ether oxygens (including phenoxy) is 1. The highest BCUT2D eigenvalue weighted by atomic mass is 16.5. The quantitative estimate of drug-likeness (QED) is 0.665. The van der Waals surface area contributed by atoms with Gasteiger partial charge in [0.25, 0.3) is 11.8 Å². The van der Waals surface area contributed by atoms with E-state index in [4.69, 9.17) is 4.74 Å². The summed E-state index contributed by atoms with van der Waals surface area (Å²) in [6.45, 7) is 3.10. The van der Waals surface area contributed by atoms with Gasteiger partial charge in [-0.25, -0.2) is 4.90 Å². The Labute approximate surface area is 150 Å². The van der Waals surface area contributed by atoms with Crippen LogP contribution in [-0.4, -0.2) is 21.6 Å². The Bertz CT molecular complexity index is 958. The number of fused-ring (bicyclic) bond motifs is 1. The van der Waals surface area contributed by atoms with Crippen molar-refractivity contribution in [1.82, 2.24) is 9.78 Å². The fraction of sp³-hybridized carbons (Fsp3) is 0.150. The predicted octanol–water partition coefficient (Wildman–Crippen LogP) is 3.28. The number of carbonyl (C=O) groups is 2. The van der Waals surface area contributed by atoms with Crippen LogP contribution in [0.2, 0.25) is 0 Å². The summed E-state index contributed by atoms with van der Waals surface area (Å²) in [5.41, 5.74) is 2.19. The molecule has 3 aromatic rings. The summed E-state index contributed by atoms with van der Waals surface area (Å²) in [6.07, 6.45) is 3.65. The molecule has 6 heteroatoms. The van der Waals surface area contributed by atoms with Crippen LogP contribution in [0, 0.1) is 0 Å². The summed E-state index contributed by atoms with van der Waals surface area (Å²) in [5.74, 6) is -0.188. The van der Waals surface area contributed by atoms with Gasteiger partial charge in [0.05, 0.1) is 23.0 Å². The molecule has 0 saturated carbocycles. The molecule has 0 bridgehead atoms. The number of carbonyl (C=O) groups excluding carboxylic acids is 2. The van der Waals surface area contributed by atoms with Gasteiger partial charge >= 0.3 is 0 Å². The molecular weight excluding hydrogens is 330 g/mol. The maximum Gasteiger partial charge on any atom is 0.266 e. The molecule has 0 fully saturated rings. The van der Waals surface area contributed by atoms with E-state index >= 15 is 0 Å². The third kappa shape index (κ3) is 2.65. The Morgan fingerprint density at radius 2 is 1.62 bits per heavy atom. The zero-order chi connectivity index (χ0) is 18.1. The van der Waals surface area contributed by atoms with E-state index in [-0.39, 0.29) is 11.8 Å². The van der Waals surface area contributed by atoms with Crippen LogP contribution in [0.1, 0.15) is 33.2 Å². The molecule has 2 amide bonds. The number of hydrogen-bond acceptors (Lipinski definition) is 4. The van der Waals surface area contributed by atoms with E-state index in [1.165, 1.54) is 4.90 Å². The second-order valence-corrected chi connectivity index (χ2v) is 5.95. The number of anilines is 1. The molecule has 130 valence electrons. The van der Waals surface area contributed by atoms with Gasteiger partial charge in [0, 0.05) is 18.3 Å². The summed E-state index contributed by atoms with van der Waals surface area (Å²) in [4.78, 5) is 26.6. The monoisotopic (exact) mass is 347 g/mol. The van der Waals surface area contributed by atoms with Crippen molar-refractivity contribution < 1.29 is 14.3 Å². The maximum absolute atomic E-state index is 12.7. The molecule has 0 radical (unpaired) electrons. The van der Waals surface area contributed by atoms with E-state index in [0.717, 1.165) is 12.1 Å². The molecule has 2 aromatic carbocycles. The lowest BCUT2D eigenvalue weighted by atomic mass is 10.1. The molecule has 26 heavy (non-hydrogen) atoms. The maximum atomic E-state index is 12.7. The van der Waals surface area contributed by atoms with Crippen LogP contribution >= 0.6 is 0 Å². The second kappa shape index (κ2) is 6.48. The van der Waals surface area contributed by atoms with Gasteiger partial charge in [-0.2, -0.15) is 5.10 Å². The van der Waals surface area contributed by atoms with Gasteiger partial charge in [-0.15, -0.1) is 0 Å². The normalized spacial score (nSPS) is 13.2. The number of aromatic nitrogens is 2. The fourth-order valence-electron chi connectivity index (χ4n) is 2.99. The fourth-order valence-corrected chi connectivity index (χ4v) is 2.99.